The average Bonchev–Trinajstić information content (AvgIpc) is 3.44. The number of urea groups is 1. The maximum absolute atomic E-state index is 12.8. The minimum atomic E-state index is -0.818. The Kier molecular flexibility index (Phi) is 4.69. The van der Waals surface area contributed by atoms with E-state index in [0.29, 0.717) is 24.6 Å². The van der Waals surface area contributed by atoms with Crippen LogP contribution in [-0.4, -0.2) is 46.4 Å². The van der Waals surface area contributed by atoms with E-state index < -0.39 is 17.5 Å². The summed E-state index contributed by atoms with van der Waals surface area (Å²) in [5.41, 5.74) is 2.06. The third-order valence-corrected chi connectivity index (χ3v) is 6.75. The van der Waals surface area contributed by atoms with Crippen LogP contribution in [0.25, 0.3) is 11.3 Å². The molecule has 3 heterocycles. The first-order valence-electron chi connectivity index (χ1n) is 10.2. The lowest BCUT2D eigenvalue weighted by molar-refractivity contribution is -0.134. The molecule has 0 bridgehead atoms. The molecule has 4 amide bonds. The molecule has 1 aromatic carbocycles. The van der Waals surface area contributed by atoms with E-state index in [1.165, 1.54) is 11.3 Å². The van der Waals surface area contributed by atoms with Gasteiger partial charge in [-0.2, -0.15) is 0 Å². The Morgan fingerprint density at radius 2 is 2.10 bits per heavy atom. The van der Waals surface area contributed by atoms with Crippen molar-refractivity contribution in [3.05, 3.63) is 29.1 Å². The van der Waals surface area contributed by atoms with Gasteiger partial charge in [-0.15, -0.1) is 11.3 Å². The lowest BCUT2D eigenvalue weighted by atomic mass is 9.82. The van der Waals surface area contributed by atoms with Gasteiger partial charge in [0, 0.05) is 17.4 Å². The molecule has 30 heavy (non-hydrogen) atoms. The lowest BCUT2D eigenvalue weighted by Gasteiger charge is -2.30. The highest BCUT2D eigenvalue weighted by molar-refractivity contribution is 7.14. The first kappa shape index (κ1) is 19.0. The molecule has 0 radical (unpaired) electrons. The Balaban J connectivity index is 1.24. The zero-order chi connectivity index (χ0) is 20.7. The van der Waals surface area contributed by atoms with E-state index >= 15 is 0 Å². The molecule has 2 aliphatic heterocycles. The lowest BCUT2D eigenvalue weighted by Crippen LogP contribution is -2.48. The molecular formula is C21H22N4O4S. The number of rotatable bonds is 4. The molecule has 2 aromatic rings. The third kappa shape index (κ3) is 3.32. The fraction of sp³-hybridized carbons (Fsp3) is 0.429. The Morgan fingerprint density at radius 1 is 1.27 bits per heavy atom. The van der Waals surface area contributed by atoms with E-state index in [1.54, 1.807) is 0 Å². The van der Waals surface area contributed by atoms with Crippen LogP contribution in [-0.2, 0) is 16.0 Å². The summed E-state index contributed by atoms with van der Waals surface area (Å²) in [5.74, 6) is 0.184. The fourth-order valence-electron chi connectivity index (χ4n) is 4.43. The topological polar surface area (TPSA) is 101 Å². The van der Waals surface area contributed by atoms with E-state index in [0.717, 1.165) is 53.2 Å². The second-order valence-electron chi connectivity index (χ2n) is 7.97. The summed E-state index contributed by atoms with van der Waals surface area (Å²) in [7, 11) is 0. The number of thiazole rings is 1. The number of hydrogen-bond acceptors (Lipinski definition) is 6. The fourth-order valence-corrected chi connectivity index (χ4v) is 5.16. The molecule has 3 aliphatic rings. The monoisotopic (exact) mass is 426 g/mol. The third-order valence-electron chi connectivity index (χ3n) is 5.99. The molecule has 1 saturated carbocycles. The van der Waals surface area contributed by atoms with Gasteiger partial charge in [-0.25, -0.2) is 9.78 Å². The number of hydrogen-bond donors (Lipinski definition) is 2. The number of benzene rings is 1. The standard InChI is InChI=1S/C21H22N4O4S/c26-17(11-25-18(27)21(24-20(25)28)7-2-1-3-8-21)23-19-22-15(12-30-19)13-4-5-16-14(10-13)6-9-29-16/h4-5,10,12H,1-3,6-9,11H2,(H,24,28)(H,22,23,26). The van der Waals surface area contributed by atoms with Gasteiger partial charge in [-0.1, -0.05) is 19.3 Å². The zero-order valence-electron chi connectivity index (χ0n) is 16.4. The summed E-state index contributed by atoms with van der Waals surface area (Å²) in [5, 5.41) is 7.84. The van der Waals surface area contributed by atoms with Crippen LogP contribution in [0.4, 0.5) is 9.93 Å². The van der Waals surface area contributed by atoms with Crippen LogP contribution in [0.15, 0.2) is 23.6 Å². The number of nitrogens with one attached hydrogen (secondary N) is 2. The van der Waals surface area contributed by atoms with Crippen molar-refractivity contribution < 1.29 is 19.1 Å². The Bertz CT molecular complexity index is 1030. The van der Waals surface area contributed by atoms with Gasteiger partial charge in [0.15, 0.2) is 5.13 Å². The van der Waals surface area contributed by atoms with E-state index in [9.17, 15) is 14.4 Å². The minimum absolute atomic E-state index is 0.289. The van der Waals surface area contributed by atoms with Crippen molar-refractivity contribution in [2.75, 3.05) is 18.5 Å². The number of carbonyl (C=O) groups is 3. The zero-order valence-corrected chi connectivity index (χ0v) is 17.2. The predicted octanol–water partition coefficient (Wildman–Crippen LogP) is 2.94. The highest BCUT2D eigenvalue weighted by Crippen LogP contribution is 2.34. The molecule has 0 unspecified atom stereocenters. The number of nitrogens with zero attached hydrogens (tertiary/aromatic N) is 2. The predicted molar refractivity (Wildman–Crippen MR) is 111 cm³/mol. The van der Waals surface area contributed by atoms with Gasteiger partial charge in [0.2, 0.25) is 5.91 Å². The van der Waals surface area contributed by atoms with Crippen LogP contribution in [0, 0.1) is 0 Å². The van der Waals surface area contributed by atoms with Crippen molar-refractivity contribution in [2.24, 2.45) is 0 Å². The minimum Gasteiger partial charge on any atom is -0.493 e. The summed E-state index contributed by atoms with van der Waals surface area (Å²) in [6.07, 6.45) is 5.03. The summed E-state index contributed by atoms with van der Waals surface area (Å²) in [4.78, 5) is 43.1. The van der Waals surface area contributed by atoms with Crippen molar-refractivity contribution in [2.45, 2.75) is 44.1 Å². The second-order valence-corrected chi connectivity index (χ2v) is 8.83. The molecule has 9 heteroatoms. The summed E-state index contributed by atoms with van der Waals surface area (Å²) in [6, 6.07) is 5.45. The quantitative estimate of drug-likeness (QED) is 0.732. The second kappa shape index (κ2) is 7.39. The van der Waals surface area contributed by atoms with Crippen molar-refractivity contribution in [1.82, 2.24) is 15.2 Å². The normalized spacial score (nSPS) is 19.5. The SMILES string of the molecule is O=C(CN1C(=O)NC2(CCCCC2)C1=O)Nc1nc(-c2ccc3c(c2)CCO3)cs1. The van der Waals surface area contributed by atoms with Gasteiger partial charge in [0.05, 0.1) is 12.3 Å². The maximum Gasteiger partial charge on any atom is 0.325 e. The van der Waals surface area contributed by atoms with Crippen LogP contribution in [0.1, 0.15) is 37.7 Å². The molecule has 1 aliphatic carbocycles. The van der Waals surface area contributed by atoms with Gasteiger partial charge >= 0.3 is 6.03 Å². The highest BCUT2D eigenvalue weighted by atomic mass is 32.1. The van der Waals surface area contributed by atoms with Gasteiger partial charge < -0.3 is 15.4 Å². The number of amides is 4. The maximum atomic E-state index is 12.8. The number of imide groups is 1. The van der Waals surface area contributed by atoms with E-state index in [4.69, 9.17) is 4.74 Å². The molecule has 1 saturated heterocycles. The highest BCUT2D eigenvalue weighted by Gasteiger charge is 2.51. The van der Waals surface area contributed by atoms with Crippen molar-refractivity contribution >= 4 is 34.3 Å². The molecule has 2 fully saturated rings. The molecule has 156 valence electrons. The van der Waals surface area contributed by atoms with Gasteiger partial charge in [-0.05, 0) is 36.6 Å². The van der Waals surface area contributed by atoms with Crippen molar-refractivity contribution in [1.29, 1.82) is 0 Å². The Hall–Kier alpha value is -2.94. The molecule has 2 N–H and O–H groups in total. The largest absolute Gasteiger partial charge is 0.493 e. The van der Waals surface area contributed by atoms with Gasteiger partial charge in [0.25, 0.3) is 5.91 Å². The number of carbonyl (C=O) groups excluding carboxylic acids is 3. The van der Waals surface area contributed by atoms with Crippen molar-refractivity contribution in [3.8, 4) is 17.0 Å². The van der Waals surface area contributed by atoms with Crippen LogP contribution in [0.2, 0.25) is 0 Å². The van der Waals surface area contributed by atoms with Crippen molar-refractivity contribution in [3.63, 3.8) is 0 Å². The van der Waals surface area contributed by atoms with E-state index in [-0.39, 0.29) is 12.5 Å². The van der Waals surface area contributed by atoms with E-state index in [2.05, 4.69) is 21.7 Å². The first-order valence-corrected chi connectivity index (χ1v) is 11.1. The molecular weight excluding hydrogens is 404 g/mol. The Morgan fingerprint density at radius 3 is 2.93 bits per heavy atom. The molecule has 5 rings (SSSR count). The van der Waals surface area contributed by atoms with Crippen LogP contribution >= 0.6 is 11.3 Å². The summed E-state index contributed by atoms with van der Waals surface area (Å²) in [6.45, 7) is 0.388. The number of aromatic nitrogens is 1. The number of anilines is 1. The number of ether oxygens (including phenoxy) is 1. The first-order chi connectivity index (χ1) is 14.5. The van der Waals surface area contributed by atoms with Gasteiger partial charge in [0.1, 0.15) is 17.8 Å². The number of fused-ring (bicyclic) bond motifs is 1. The van der Waals surface area contributed by atoms with Crippen LogP contribution < -0.4 is 15.4 Å². The van der Waals surface area contributed by atoms with Crippen LogP contribution in [0.3, 0.4) is 0 Å². The molecule has 1 aromatic heterocycles. The van der Waals surface area contributed by atoms with Gasteiger partial charge in [-0.3, -0.25) is 14.5 Å². The smallest absolute Gasteiger partial charge is 0.325 e. The van der Waals surface area contributed by atoms with Crippen LogP contribution in [0.5, 0.6) is 5.75 Å². The average molecular weight is 426 g/mol. The molecule has 0 atom stereocenters. The molecule has 1 spiro atoms. The summed E-state index contributed by atoms with van der Waals surface area (Å²) >= 11 is 1.31. The molecule has 8 nitrogen and oxygen atoms in total. The Labute approximate surface area is 177 Å². The van der Waals surface area contributed by atoms with E-state index in [1.807, 2.05) is 17.5 Å². The summed E-state index contributed by atoms with van der Waals surface area (Å²) < 4.78 is 5.53.